The second-order valence-corrected chi connectivity index (χ2v) is 12.1. The third-order valence-electron chi connectivity index (χ3n) is 7.73. The van der Waals surface area contributed by atoms with E-state index in [1.807, 2.05) is 0 Å². The molecule has 8 nitrogen and oxygen atoms in total. The zero-order valence-corrected chi connectivity index (χ0v) is 26.9. The van der Waals surface area contributed by atoms with Crippen molar-refractivity contribution in [1.82, 2.24) is 18.7 Å². The number of hydrogen-bond donors (Lipinski definition) is 1. The summed E-state index contributed by atoms with van der Waals surface area (Å²) in [5.41, 5.74) is -0.427. The number of fused-ring (bicyclic) bond motifs is 2. The van der Waals surface area contributed by atoms with Gasteiger partial charge in [-0.3, -0.25) is 19.0 Å². The van der Waals surface area contributed by atoms with Crippen LogP contribution in [0.5, 0.6) is 11.5 Å². The van der Waals surface area contributed by atoms with Gasteiger partial charge in [0, 0.05) is 37.3 Å². The molecular formula is C31H28Cl4F2N4O4. The van der Waals surface area contributed by atoms with E-state index in [1.165, 1.54) is 10.7 Å². The molecule has 14 heteroatoms. The van der Waals surface area contributed by atoms with E-state index >= 15 is 0 Å². The van der Waals surface area contributed by atoms with E-state index in [0.29, 0.717) is 26.2 Å². The average Bonchev–Trinajstić information content (AvgIpc) is 3.24. The molecule has 0 bridgehead atoms. The number of benzene rings is 2. The Hall–Kier alpha value is -3.36. The number of nitrogens with zero attached hydrogens (tertiary/aromatic N) is 4. The Bertz CT molecular complexity index is 1920. The first kappa shape index (κ1) is 33.0. The van der Waals surface area contributed by atoms with E-state index in [4.69, 9.17) is 57.6 Å². The second-order valence-electron chi connectivity index (χ2n) is 10.6. The Kier molecular flexibility index (Phi) is 10.2. The fourth-order valence-electron chi connectivity index (χ4n) is 5.54. The van der Waals surface area contributed by atoms with Crippen molar-refractivity contribution in [2.24, 2.45) is 0 Å². The Morgan fingerprint density at radius 3 is 1.64 bits per heavy atom. The SMILES string of the molecule is C#CCOc1cc(-c2c(Cl)n3n(c2=O)CCCCC3)c(F)cc1Cl.O=c1c(-c2cc(O)c(Cl)cc2F)c(Cl)n2n1CCCCC2. The molecule has 0 unspecified atom stereocenters. The van der Waals surface area contributed by atoms with Gasteiger partial charge in [-0.2, -0.15) is 0 Å². The fourth-order valence-corrected chi connectivity index (χ4v) is 6.61. The summed E-state index contributed by atoms with van der Waals surface area (Å²) in [5.74, 6) is 0.936. The van der Waals surface area contributed by atoms with Crippen LogP contribution in [0.1, 0.15) is 38.5 Å². The summed E-state index contributed by atoms with van der Waals surface area (Å²) in [6.07, 6.45) is 10.8. The zero-order chi connectivity index (χ0) is 32.4. The standard InChI is InChI=1S/C17H15Cl2FN2O2.C14H13Cl2FN2O2/c1-2-8-24-14-9-11(13(20)10-12(14)18)15-16(19)21-6-4-3-5-7-22(21)17(15)23;15-9-7-10(17)8(6-11(9)20)12-13(16)18-4-2-1-3-5-19(18)14(12)21/h1,9-10H,3-8H2;6-7,20H,1-5H2. The van der Waals surface area contributed by atoms with Gasteiger partial charge in [0.1, 0.15) is 40.0 Å². The molecule has 1 N–H and O–H groups in total. The minimum atomic E-state index is -0.682. The van der Waals surface area contributed by atoms with Crippen LogP contribution in [0.15, 0.2) is 33.9 Å². The van der Waals surface area contributed by atoms with Crippen molar-refractivity contribution in [3.8, 4) is 46.1 Å². The molecule has 4 heterocycles. The number of aromatic hydroxyl groups is 1. The molecule has 0 amide bonds. The van der Waals surface area contributed by atoms with Crippen molar-refractivity contribution >= 4 is 46.4 Å². The van der Waals surface area contributed by atoms with Crippen LogP contribution in [-0.2, 0) is 26.2 Å². The molecule has 238 valence electrons. The van der Waals surface area contributed by atoms with E-state index in [1.54, 1.807) is 14.0 Å². The first-order valence-electron chi connectivity index (χ1n) is 14.3. The smallest absolute Gasteiger partial charge is 0.276 e. The maximum atomic E-state index is 14.4. The summed E-state index contributed by atoms with van der Waals surface area (Å²) in [4.78, 5) is 25.2. The van der Waals surface area contributed by atoms with Crippen LogP contribution in [0, 0.1) is 24.0 Å². The lowest BCUT2D eigenvalue weighted by Gasteiger charge is -2.09. The van der Waals surface area contributed by atoms with Crippen LogP contribution in [0.25, 0.3) is 22.3 Å². The van der Waals surface area contributed by atoms with Crippen LogP contribution in [0.3, 0.4) is 0 Å². The van der Waals surface area contributed by atoms with E-state index in [-0.39, 0.29) is 71.8 Å². The molecule has 4 aromatic rings. The van der Waals surface area contributed by atoms with Gasteiger partial charge in [-0.1, -0.05) is 52.3 Å². The summed E-state index contributed by atoms with van der Waals surface area (Å²) < 4.78 is 40.4. The van der Waals surface area contributed by atoms with Crippen LogP contribution in [0.2, 0.25) is 20.4 Å². The highest BCUT2D eigenvalue weighted by atomic mass is 35.5. The summed E-state index contributed by atoms with van der Waals surface area (Å²) in [5, 5.41) is 10.1. The van der Waals surface area contributed by atoms with Crippen molar-refractivity contribution in [3.05, 3.63) is 77.0 Å². The molecule has 45 heavy (non-hydrogen) atoms. The molecule has 0 saturated heterocycles. The number of halogens is 6. The van der Waals surface area contributed by atoms with Gasteiger partial charge in [-0.15, -0.1) is 6.42 Å². The second kappa shape index (κ2) is 14.0. The van der Waals surface area contributed by atoms with Crippen molar-refractivity contribution in [2.45, 2.75) is 64.7 Å². The van der Waals surface area contributed by atoms with Crippen molar-refractivity contribution in [3.63, 3.8) is 0 Å². The average molecular weight is 700 g/mol. The third-order valence-corrected chi connectivity index (χ3v) is 9.10. The predicted molar refractivity (Wildman–Crippen MR) is 172 cm³/mol. The Morgan fingerprint density at radius 1 is 0.711 bits per heavy atom. The number of phenolic OH excluding ortho intramolecular Hbond substituents is 1. The molecule has 2 aromatic heterocycles. The molecule has 0 saturated carbocycles. The minimum Gasteiger partial charge on any atom is -0.506 e. The van der Waals surface area contributed by atoms with Gasteiger partial charge in [0.25, 0.3) is 11.1 Å². The normalized spacial score (nSPS) is 14.3. The Labute approximate surface area is 277 Å². The van der Waals surface area contributed by atoms with Gasteiger partial charge in [-0.25, -0.2) is 18.1 Å². The van der Waals surface area contributed by atoms with Gasteiger partial charge in [0.15, 0.2) is 0 Å². The summed E-state index contributed by atoms with van der Waals surface area (Å²) in [6, 6.07) is 4.60. The molecule has 0 atom stereocenters. The van der Waals surface area contributed by atoms with Gasteiger partial charge in [0.05, 0.1) is 21.2 Å². The van der Waals surface area contributed by atoms with Gasteiger partial charge < -0.3 is 9.84 Å². The Balaban J connectivity index is 0.000000179. The predicted octanol–water partition coefficient (Wildman–Crippen LogP) is 7.61. The van der Waals surface area contributed by atoms with E-state index in [0.717, 1.165) is 56.7 Å². The molecule has 2 aromatic carbocycles. The number of hydrogen-bond acceptors (Lipinski definition) is 4. The van der Waals surface area contributed by atoms with Crippen LogP contribution in [-0.4, -0.2) is 30.4 Å². The molecule has 0 spiro atoms. The van der Waals surface area contributed by atoms with Gasteiger partial charge in [0.2, 0.25) is 0 Å². The molecular weight excluding hydrogens is 672 g/mol. The minimum absolute atomic E-state index is 0.0102. The number of aromatic nitrogens is 4. The van der Waals surface area contributed by atoms with E-state index in [2.05, 4.69) is 5.92 Å². The number of rotatable bonds is 4. The highest BCUT2D eigenvalue weighted by molar-refractivity contribution is 6.34. The van der Waals surface area contributed by atoms with Gasteiger partial charge >= 0.3 is 0 Å². The van der Waals surface area contributed by atoms with Crippen molar-refractivity contribution in [2.75, 3.05) is 6.61 Å². The lowest BCUT2D eigenvalue weighted by atomic mass is 10.1. The molecule has 2 aliphatic rings. The van der Waals surface area contributed by atoms with E-state index < -0.39 is 11.6 Å². The van der Waals surface area contributed by atoms with Crippen molar-refractivity contribution in [1.29, 1.82) is 0 Å². The maximum Gasteiger partial charge on any atom is 0.276 e. The highest BCUT2D eigenvalue weighted by Gasteiger charge is 2.26. The largest absolute Gasteiger partial charge is 0.506 e. The topological polar surface area (TPSA) is 83.3 Å². The zero-order valence-electron chi connectivity index (χ0n) is 23.9. The van der Waals surface area contributed by atoms with E-state index in [9.17, 15) is 23.5 Å². The first-order chi connectivity index (χ1) is 21.5. The molecule has 0 radical (unpaired) electrons. The quantitative estimate of drug-likeness (QED) is 0.222. The summed E-state index contributed by atoms with van der Waals surface area (Å²) in [7, 11) is 0. The molecule has 0 fully saturated rings. The monoisotopic (exact) mass is 698 g/mol. The van der Waals surface area contributed by atoms with Gasteiger partial charge in [-0.05, 0) is 62.8 Å². The number of terminal acetylenes is 1. The summed E-state index contributed by atoms with van der Waals surface area (Å²) in [6.45, 7) is 2.36. The lowest BCUT2D eigenvalue weighted by molar-refractivity contribution is 0.370. The van der Waals surface area contributed by atoms with Crippen molar-refractivity contribution < 1.29 is 18.6 Å². The number of phenols is 1. The molecule has 0 aliphatic carbocycles. The highest BCUT2D eigenvalue weighted by Crippen LogP contribution is 2.37. The maximum absolute atomic E-state index is 14.4. The molecule has 2 aliphatic heterocycles. The number of ether oxygens (including phenoxy) is 1. The molecule has 6 rings (SSSR count). The lowest BCUT2D eigenvalue weighted by Crippen LogP contribution is -2.22. The Morgan fingerprint density at radius 2 is 1.16 bits per heavy atom. The van der Waals surface area contributed by atoms with Crippen LogP contribution < -0.4 is 15.9 Å². The third kappa shape index (κ3) is 6.50. The van der Waals surface area contributed by atoms with Crippen LogP contribution in [0.4, 0.5) is 8.78 Å². The first-order valence-corrected chi connectivity index (χ1v) is 15.8. The fraction of sp³-hybridized carbons (Fsp3) is 0.355. The summed E-state index contributed by atoms with van der Waals surface area (Å²) >= 11 is 24.3. The van der Waals surface area contributed by atoms with Crippen LogP contribution >= 0.6 is 46.4 Å².